The van der Waals surface area contributed by atoms with Crippen molar-refractivity contribution >= 4 is 15.9 Å². The molecule has 8 nitrogen and oxygen atoms in total. The number of nitrogens with two attached hydrogens (primary N) is 1. The van der Waals surface area contributed by atoms with Gasteiger partial charge in [-0.1, -0.05) is 13.8 Å². The van der Waals surface area contributed by atoms with E-state index >= 15 is 0 Å². The molecule has 1 aromatic heterocycles. The minimum Gasteiger partial charge on any atom is -0.379 e. The number of aromatic nitrogens is 2. The van der Waals surface area contributed by atoms with Crippen LogP contribution in [0, 0.1) is 12.8 Å². The number of rotatable bonds is 7. The van der Waals surface area contributed by atoms with Gasteiger partial charge in [0.1, 0.15) is 4.90 Å². The molecular formula is C11H20N4O4S. The number of nitrogens with zero attached hydrogens (tertiary/aromatic N) is 1. The molecular weight excluding hydrogens is 284 g/mol. The number of carbonyl (C=O) groups is 1. The second-order valence-corrected chi connectivity index (χ2v) is 6.29. The molecule has 0 bridgehead atoms. The smallest absolute Gasteiger partial charge is 0.273 e. The minimum atomic E-state index is -4.00. The van der Waals surface area contributed by atoms with Crippen LogP contribution >= 0.6 is 0 Å². The number of aromatic amines is 1. The van der Waals surface area contributed by atoms with Crippen LogP contribution in [-0.2, 0) is 14.8 Å². The SMILES string of the molecule is Cc1[nH]nc(C(=O)NCCOCC(C)C)c1S(N)(=O)=O. The van der Waals surface area contributed by atoms with Crippen molar-refractivity contribution in [2.45, 2.75) is 25.7 Å². The fourth-order valence-corrected chi connectivity index (χ4v) is 2.44. The fourth-order valence-electron chi connectivity index (χ4n) is 1.56. The summed E-state index contributed by atoms with van der Waals surface area (Å²) in [4.78, 5) is 11.6. The summed E-state index contributed by atoms with van der Waals surface area (Å²) < 4.78 is 28.1. The van der Waals surface area contributed by atoms with Crippen molar-refractivity contribution in [3.8, 4) is 0 Å². The highest BCUT2D eigenvalue weighted by atomic mass is 32.2. The molecule has 0 aliphatic rings. The summed E-state index contributed by atoms with van der Waals surface area (Å²) in [7, 11) is -4.00. The van der Waals surface area contributed by atoms with Crippen LogP contribution in [0.25, 0.3) is 0 Å². The van der Waals surface area contributed by atoms with Crippen molar-refractivity contribution in [3.63, 3.8) is 0 Å². The predicted molar refractivity (Wildman–Crippen MR) is 72.7 cm³/mol. The second kappa shape index (κ2) is 6.82. The molecule has 0 fully saturated rings. The number of ether oxygens (including phenoxy) is 1. The molecule has 1 rings (SSSR count). The molecule has 0 aliphatic carbocycles. The largest absolute Gasteiger partial charge is 0.379 e. The zero-order valence-electron chi connectivity index (χ0n) is 11.8. The van der Waals surface area contributed by atoms with Crippen LogP contribution in [-0.4, -0.2) is 44.3 Å². The van der Waals surface area contributed by atoms with Gasteiger partial charge < -0.3 is 10.1 Å². The number of primary sulfonamides is 1. The molecule has 9 heteroatoms. The lowest BCUT2D eigenvalue weighted by Gasteiger charge is -2.07. The van der Waals surface area contributed by atoms with Gasteiger partial charge in [-0.05, 0) is 12.8 Å². The monoisotopic (exact) mass is 304 g/mol. The Hall–Kier alpha value is -1.45. The molecule has 1 amide bonds. The van der Waals surface area contributed by atoms with Gasteiger partial charge in [0.2, 0.25) is 10.0 Å². The minimum absolute atomic E-state index is 0.228. The average molecular weight is 304 g/mol. The number of sulfonamides is 1. The van der Waals surface area contributed by atoms with Crippen LogP contribution in [0.4, 0.5) is 0 Å². The van der Waals surface area contributed by atoms with E-state index < -0.39 is 15.9 Å². The summed E-state index contributed by atoms with van der Waals surface area (Å²) in [6.07, 6.45) is 0. The number of hydrogen-bond acceptors (Lipinski definition) is 5. The Morgan fingerprint density at radius 1 is 1.50 bits per heavy atom. The average Bonchev–Trinajstić information content (AvgIpc) is 2.69. The number of carbonyl (C=O) groups excluding carboxylic acids is 1. The first kappa shape index (κ1) is 16.6. The molecule has 0 atom stereocenters. The molecule has 0 spiro atoms. The van der Waals surface area contributed by atoms with Gasteiger partial charge in [-0.3, -0.25) is 9.89 Å². The molecule has 0 aliphatic heterocycles. The molecule has 0 unspecified atom stereocenters. The lowest BCUT2D eigenvalue weighted by atomic mass is 10.2. The first-order valence-corrected chi connectivity index (χ1v) is 7.71. The van der Waals surface area contributed by atoms with E-state index in [0.29, 0.717) is 19.1 Å². The lowest BCUT2D eigenvalue weighted by molar-refractivity contribution is 0.0879. The Kier molecular flexibility index (Phi) is 5.66. The van der Waals surface area contributed by atoms with Gasteiger partial charge in [0.25, 0.3) is 5.91 Å². The lowest BCUT2D eigenvalue weighted by Crippen LogP contribution is -2.30. The van der Waals surface area contributed by atoms with Gasteiger partial charge in [-0.15, -0.1) is 0 Å². The summed E-state index contributed by atoms with van der Waals surface area (Å²) >= 11 is 0. The Morgan fingerprint density at radius 3 is 2.70 bits per heavy atom. The Balaban J connectivity index is 2.61. The standard InChI is InChI=1S/C11H20N4O4S/c1-7(2)6-19-5-4-13-11(16)9-10(20(12,17)18)8(3)14-15-9/h7H,4-6H2,1-3H3,(H,13,16)(H,14,15)(H2,12,17,18). The third-order valence-electron chi connectivity index (χ3n) is 2.37. The summed E-state index contributed by atoms with van der Waals surface area (Å²) in [6.45, 7) is 6.72. The van der Waals surface area contributed by atoms with Gasteiger partial charge in [0.15, 0.2) is 5.69 Å². The van der Waals surface area contributed by atoms with Crippen molar-refractivity contribution in [3.05, 3.63) is 11.4 Å². The van der Waals surface area contributed by atoms with E-state index in [1.807, 2.05) is 13.8 Å². The zero-order chi connectivity index (χ0) is 15.3. The van der Waals surface area contributed by atoms with E-state index in [2.05, 4.69) is 15.5 Å². The molecule has 0 saturated heterocycles. The number of amides is 1. The molecule has 0 radical (unpaired) electrons. The maximum atomic E-state index is 11.9. The van der Waals surface area contributed by atoms with Crippen LogP contribution in [0.3, 0.4) is 0 Å². The molecule has 20 heavy (non-hydrogen) atoms. The summed E-state index contributed by atoms with van der Waals surface area (Å²) in [5, 5.41) is 13.7. The van der Waals surface area contributed by atoms with Gasteiger partial charge >= 0.3 is 0 Å². The van der Waals surface area contributed by atoms with E-state index in [4.69, 9.17) is 9.88 Å². The van der Waals surface area contributed by atoms with Gasteiger partial charge in [0, 0.05) is 13.2 Å². The number of hydrogen-bond donors (Lipinski definition) is 3. The van der Waals surface area contributed by atoms with E-state index in [9.17, 15) is 13.2 Å². The van der Waals surface area contributed by atoms with E-state index in [1.165, 1.54) is 6.92 Å². The van der Waals surface area contributed by atoms with Crippen LogP contribution < -0.4 is 10.5 Å². The first-order valence-electron chi connectivity index (χ1n) is 6.17. The Labute approximate surface area is 118 Å². The Morgan fingerprint density at radius 2 is 2.15 bits per heavy atom. The first-order chi connectivity index (χ1) is 9.23. The van der Waals surface area contributed by atoms with Crippen LogP contribution in [0.5, 0.6) is 0 Å². The van der Waals surface area contributed by atoms with Crippen LogP contribution in [0.2, 0.25) is 0 Å². The molecule has 1 heterocycles. The highest BCUT2D eigenvalue weighted by Crippen LogP contribution is 2.15. The summed E-state index contributed by atoms with van der Waals surface area (Å²) in [5.41, 5.74) is 0.00238. The van der Waals surface area contributed by atoms with Crippen LogP contribution in [0.1, 0.15) is 30.0 Å². The van der Waals surface area contributed by atoms with Gasteiger partial charge in [-0.2, -0.15) is 5.10 Å². The van der Waals surface area contributed by atoms with Crippen molar-refractivity contribution in [1.82, 2.24) is 15.5 Å². The van der Waals surface area contributed by atoms with Crippen LogP contribution in [0.15, 0.2) is 4.90 Å². The molecule has 114 valence electrons. The topological polar surface area (TPSA) is 127 Å². The van der Waals surface area contributed by atoms with E-state index in [1.54, 1.807) is 0 Å². The molecule has 4 N–H and O–H groups in total. The third kappa shape index (κ3) is 4.58. The molecule has 1 aromatic rings. The highest BCUT2D eigenvalue weighted by molar-refractivity contribution is 7.89. The summed E-state index contributed by atoms with van der Waals surface area (Å²) in [6, 6.07) is 0. The maximum absolute atomic E-state index is 11.9. The van der Waals surface area contributed by atoms with E-state index in [-0.39, 0.29) is 22.8 Å². The van der Waals surface area contributed by atoms with Crippen molar-refractivity contribution < 1.29 is 17.9 Å². The molecule has 0 saturated carbocycles. The van der Waals surface area contributed by atoms with Crippen molar-refractivity contribution in [2.24, 2.45) is 11.1 Å². The predicted octanol–water partition coefficient (Wildman–Crippen LogP) is -0.232. The Bertz CT molecular complexity index is 565. The van der Waals surface area contributed by atoms with Crippen molar-refractivity contribution in [2.75, 3.05) is 19.8 Å². The maximum Gasteiger partial charge on any atom is 0.273 e. The highest BCUT2D eigenvalue weighted by Gasteiger charge is 2.25. The van der Waals surface area contributed by atoms with Gasteiger partial charge in [0.05, 0.1) is 12.3 Å². The number of H-pyrrole nitrogens is 1. The summed E-state index contributed by atoms with van der Waals surface area (Å²) in [5.74, 6) is -0.194. The second-order valence-electron chi connectivity index (χ2n) is 4.80. The number of nitrogens with one attached hydrogen (secondary N) is 2. The number of aryl methyl sites for hydroxylation is 1. The zero-order valence-corrected chi connectivity index (χ0v) is 12.6. The van der Waals surface area contributed by atoms with Gasteiger partial charge in [-0.25, -0.2) is 13.6 Å². The fraction of sp³-hybridized carbons (Fsp3) is 0.636. The van der Waals surface area contributed by atoms with E-state index in [0.717, 1.165) is 0 Å². The van der Waals surface area contributed by atoms with Crippen molar-refractivity contribution in [1.29, 1.82) is 0 Å². The normalized spacial score (nSPS) is 11.8. The molecule has 0 aromatic carbocycles. The quantitative estimate of drug-likeness (QED) is 0.599. The third-order valence-corrected chi connectivity index (χ3v) is 3.44.